The molecule has 0 amide bonds. The van der Waals surface area contributed by atoms with Crippen LogP contribution in [0.1, 0.15) is 91.5 Å². The van der Waals surface area contributed by atoms with Gasteiger partial charge in [0.15, 0.2) is 0 Å². The van der Waals surface area contributed by atoms with Crippen molar-refractivity contribution in [3.8, 4) is 0 Å². The Kier molecular flexibility index (Phi) is 17.1. The van der Waals surface area contributed by atoms with Gasteiger partial charge >= 0.3 is 156 Å². The molecule has 1 aromatic rings. The van der Waals surface area contributed by atoms with E-state index in [0.29, 0.717) is 0 Å². The molecule has 1 nitrogen and oxygen atoms in total. The summed E-state index contributed by atoms with van der Waals surface area (Å²) >= 11 is -2.20. The Morgan fingerprint density at radius 2 is 1.15 bits per heavy atom. The zero-order valence-corrected chi connectivity index (χ0v) is 21.4. The molecule has 0 saturated carbocycles. The summed E-state index contributed by atoms with van der Waals surface area (Å²) in [5.74, 6) is 0. The topological polar surface area (TPSA) is 26.0 Å². The second-order valence-corrected chi connectivity index (χ2v) is 20.8. The number of aryl methyl sites for hydroxylation is 1. The van der Waals surface area contributed by atoms with Crippen LogP contribution < -0.4 is 9.31 Å². The number of hydrogen-bond donors (Lipinski definition) is 1. The van der Waals surface area contributed by atoms with Crippen LogP contribution in [-0.2, 0) is 6.42 Å². The Balaban J connectivity index is 0.00000301. The van der Waals surface area contributed by atoms with E-state index < -0.39 is 18.4 Å². The predicted octanol–water partition coefficient (Wildman–Crippen LogP) is 7.05. The van der Waals surface area contributed by atoms with E-state index >= 15 is 0 Å². The molecular formula is C24H47NSn. The van der Waals surface area contributed by atoms with Gasteiger partial charge in [-0.2, -0.15) is 0 Å². The van der Waals surface area contributed by atoms with Crippen molar-refractivity contribution in [2.45, 2.75) is 106 Å². The first-order valence-corrected chi connectivity index (χ1v) is 19.0. The third-order valence-electron chi connectivity index (χ3n) is 5.51. The molecule has 0 spiro atoms. The van der Waals surface area contributed by atoms with Gasteiger partial charge < -0.3 is 0 Å². The van der Waals surface area contributed by atoms with Crippen LogP contribution in [0, 0.1) is 0 Å². The standard InChI is InChI=1S/C10H14N.3C4H9.C2H6.Sn/c11-9-5-4-8-10-6-2-1-3-7-10;3*1-3-4-2;1-2;/h2-3,6-7H,4-5,8-9,11H2;3*1,3-4H2,2H3;1-2H3;. The molecule has 0 bridgehead atoms. The molecule has 0 aliphatic heterocycles. The first kappa shape index (κ1) is 26.0. The fourth-order valence-corrected chi connectivity index (χ4v) is 19.8. The molecule has 2 N–H and O–H groups in total. The molecule has 0 aliphatic carbocycles. The minimum absolute atomic E-state index is 0.822. The van der Waals surface area contributed by atoms with Crippen LogP contribution in [0.15, 0.2) is 24.3 Å². The fourth-order valence-electron chi connectivity index (χ4n) is 3.85. The molecule has 0 heterocycles. The van der Waals surface area contributed by atoms with Gasteiger partial charge in [0, 0.05) is 0 Å². The number of hydrogen-bond acceptors (Lipinski definition) is 1. The Morgan fingerprint density at radius 3 is 1.54 bits per heavy atom. The number of nitrogens with two attached hydrogens (primary N) is 1. The summed E-state index contributed by atoms with van der Waals surface area (Å²) in [5, 5.41) is 0. The second-order valence-electron chi connectivity index (χ2n) is 7.53. The number of unbranched alkanes of at least 4 members (excludes halogenated alkanes) is 4. The Labute approximate surface area is 169 Å². The summed E-state index contributed by atoms with van der Waals surface area (Å²) in [7, 11) is 0. The Bertz CT molecular complexity index is 391. The molecule has 1 aromatic carbocycles. The summed E-state index contributed by atoms with van der Waals surface area (Å²) in [5.41, 5.74) is 7.13. The van der Waals surface area contributed by atoms with E-state index in [1.807, 2.05) is 17.4 Å². The average molecular weight is 468 g/mol. The first-order valence-electron chi connectivity index (χ1n) is 11.5. The molecule has 152 valence electrons. The summed E-state index contributed by atoms with van der Waals surface area (Å²) < 4.78 is 6.51. The normalized spacial score (nSPS) is 11.2. The van der Waals surface area contributed by atoms with Crippen molar-refractivity contribution in [2.75, 3.05) is 6.54 Å². The summed E-state index contributed by atoms with van der Waals surface area (Å²) in [6.45, 7) is 11.9. The molecule has 0 saturated heterocycles. The van der Waals surface area contributed by atoms with E-state index in [2.05, 4.69) is 45.0 Å². The van der Waals surface area contributed by atoms with Gasteiger partial charge in [-0.3, -0.25) is 0 Å². The minimum atomic E-state index is -2.20. The van der Waals surface area contributed by atoms with Gasteiger partial charge in [-0.05, 0) is 0 Å². The van der Waals surface area contributed by atoms with Gasteiger partial charge in [0.1, 0.15) is 0 Å². The van der Waals surface area contributed by atoms with Gasteiger partial charge in [0.2, 0.25) is 0 Å². The van der Waals surface area contributed by atoms with Crippen LogP contribution in [0.2, 0.25) is 13.3 Å². The van der Waals surface area contributed by atoms with Gasteiger partial charge in [-0.15, -0.1) is 0 Å². The Morgan fingerprint density at radius 1 is 0.692 bits per heavy atom. The van der Waals surface area contributed by atoms with Crippen molar-refractivity contribution in [3.63, 3.8) is 0 Å². The second kappa shape index (κ2) is 17.1. The van der Waals surface area contributed by atoms with Gasteiger partial charge in [-0.25, -0.2) is 0 Å². The molecule has 2 heteroatoms. The molecular weight excluding hydrogens is 421 g/mol. The van der Waals surface area contributed by atoms with E-state index in [0.717, 1.165) is 13.0 Å². The quantitative estimate of drug-likeness (QED) is 0.230. The van der Waals surface area contributed by atoms with Crippen molar-refractivity contribution < 1.29 is 0 Å². The molecule has 26 heavy (non-hydrogen) atoms. The van der Waals surface area contributed by atoms with E-state index in [-0.39, 0.29) is 0 Å². The summed E-state index contributed by atoms with van der Waals surface area (Å²) in [6, 6.07) is 9.94. The van der Waals surface area contributed by atoms with Crippen LogP contribution >= 0.6 is 0 Å². The van der Waals surface area contributed by atoms with Crippen molar-refractivity contribution >= 4 is 22.0 Å². The number of benzene rings is 1. The third kappa shape index (κ3) is 9.78. The fraction of sp³-hybridized carbons (Fsp3) is 0.750. The summed E-state index contributed by atoms with van der Waals surface area (Å²) in [4.78, 5) is 0. The van der Waals surface area contributed by atoms with E-state index in [1.54, 1.807) is 13.3 Å². The molecule has 0 radical (unpaired) electrons. The van der Waals surface area contributed by atoms with Crippen LogP contribution in [0.4, 0.5) is 0 Å². The molecule has 0 unspecified atom stereocenters. The molecule has 1 rings (SSSR count). The van der Waals surface area contributed by atoms with Crippen molar-refractivity contribution in [1.82, 2.24) is 0 Å². The SMILES string of the molecule is CC.CCC[CH2][Sn]([CH2]CCC)([CH2]CCC)[c]1ccc(CCCCN)cc1. The van der Waals surface area contributed by atoms with Crippen LogP contribution in [0.25, 0.3) is 0 Å². The average Bonchev–Trinajstić information content (AvgIpc) is 2.70. The van der Waals surface area contributed by atoms with Crippen molar-refractivity contribution in [1.29, 1.82) is 0 Å². The number of rotatable bonds is 14. The summed E-state index contributed by atoms with van der Waals surface area (Å²) in [6.07, 6.45) is 12.0. The van der Waals surface area contributed by atoms with Gasteiger partial charge in [-0.1, -0.05) is 13.8 Å². The van der Waals surface area contributed by atoms with Crippen LogP contribution in [0.3, 0.4) is 0 Å². The maximum atomic E-state index is 5.62. The van der Waals surface area contributed by atoms with Crippen molar-refractivity contribution in [3.05, 3.63) is 29.8 Å². The predicted molar refractivity (Wildman–Crippen MR) is 124 cm³/mol. The molecule has 0 atom stereocenters. The molecule has 0 fully saturated rings. The monoisotopic (exact) mass is 469 g/mol. The van der Waals surface area contributed by atoms with Crippen LogP contribution in [0.5, 0.6) is 0 Å². The van der Waals surface area contributed by atoms with Crippen molar-refractivity contribution in [2.24, 2.45) is 5.73 Å². The third-order valence-corrected chi connectivity index (χ3v) is 21.2. The first-order chi connectivity index (χ1) is 12.7. The zero-order valence-electron chi connectivity index (χ0n) is 18.6. The molecule has 0 aliphatic rings. The van der Waals surface area contributed by atoms with Gasteiger partial charge in [0.05, 0.1) is 0 Å². The molecule has 0 aromatic heterocycles. The van der Waals surface area contributed by atoms with Gasteiger partial charge in [0.25, 0.3) is 0 Å². The maximum absolute atomic E-state index is 5.62. The van der Waals surface area contributed by atoms with E-state index in [4.69, 9.17) is 5.73 Å². The van der Waals surface area contributed by atoms with E-state index in [1.165, 1.54) is 56.9 Å². The zero-order chi connectivity index (χ0) is 19.7. The van der Waals surface area contributed by atoms with Crippen LogP contribution in [-0.4, -0.2) is 24.9 Å². The Hall–Kier alpha value is -0.0213. The van der Waals surface area contributed by atoms with E-state index in [9.17, 15) is 0 Å².